The predicted molar refractivity (Wildman–Crippen MR) is 227 cm³/mol. The summed E-state index contributed by atoms with van der Waals surface area (Å²) in [5.74, 6) is 0.934. The number of rotatable bonds is 3. The highest BCUT2D eigenvalue weighted by molar-refractivity contribution is 7.27. The maximum Gasteiger partial charge on any atom is 0.145 e. The molecular weight excluding hydrogens is 663 g/mol. The molecule has 0 saturated carbocycles. The first-order valence-electron chi connectivity index (χ1n) is 18.3. The van der Waals surface area contributed by atoms with Crippen molar-refractivity contribution in [1.82, 2.24) is 14.1 Å². The average molecular weight is 698 g/mol. The van der Waals surface area contributed by atoms with Gasteiger partial charge in [-0.3, -0.25) is 4.57 Å². The number of fused-ring (bicyclic) bond motifs is 13. The lowest BCUT2D eigenvalue weighted by Crippen LogP contribution is -2.10. The lowest BCUT2D eigenvalue weighted by Gasteiger charge is -2.19. The number of hydrogen-bond donors (Lipinski definition) is 0. The zero-order chi connectivity index (χ0) is 35.4. The largest absolute Gasteiger partial charge is 0.309 e. The van der Waals surface area contributed by atoms with E-state index in [9.17, 15) is 0 Å². The number of hydrogen-bond acceptors (Lipinski definition) is 2. The molecule has 0 aliphatic carbocycles. The van der Waals surface area contributed by atoms with Crippen LogP contribution in [0.15, 0.2) is 158 Å². The number of para-hydroxylation sites is 3. The lowest BCUT2D eigenvalue weighted by atomic mass is 9.86. The quantitative estimate of drug-likeness (QED) is 0.180. The summed E-state index contributed by atoms with van der Waals surface area (Å²) in [5.41, 5.74) is 9.29. The fourth-order valence-electron chi connectivity index (χ4n) is 8.54. The van der Waals surface area contributed by atoms with Crippen LogP contribution in [0.25, 0.3) is 97.3 Å². The van der Waals surface area contributed by atoms with Crippen LogP contribution < -0.4 is 0 Å². The molecular formula is C49H35N3S. The minimum atomic E-state index is 0.0612. The van der Waals surface area contributed by atoms with Gasteiger partial charge in [-0.15, -0.1) is 11.3 Å². The first-order chi connectivity index (χ1) is 25.9. The first-order valence-corrected chi connectivity index (χ1v) is 19.1. The second-order valence-corrected chi connectivity index (χ2v) is 16.2. The molecule has 0 aliphatic rings. The molecule has 0 bridgehead atoms. The smallest absolute Gasteiger partial charge is 0.145 e. The van der Waals surface area contributed by atoms with Gasteiger partial charge >= 0.3 is 0 Å². The van der Waals surface area contributed by atoms with Crippen LogP contribution in [0.2, 0.25) is 0 Å². The first kappa shape index (κ1) is 30.4. The molecule has 11 aromatic rings. The van der Waals surface area contributed by atoms with E-state index in [0.29, 0.717) is 0 Å². The Bertz CT molecular complexity index is 3240. The van der Waals surface area contributed by atoms with Crippen molar-refractivity contribution in [3.8, 4) is 22.8 Å². The van der Waals surface area contributed by atoms with Crippen molar-refractivity contribution < 1.29 is 0 Å². The van der Waals surface area contributed by atoms with Crippen LogP contribution in [0, 0.1) is 0 Å². The second-order valence-electron chi connectivity index (χ2n) is 15.2. The van der Waals surface area contributed by atoms with Gasteiger partial charge in [0, 0.05) is 53.3 Å². The molecule has 0 atom stereocenters. The van der Waals surface area contributed by atoms with E-state index in [2.05, 4.69) is 188 Å². The van der Waals surface area contributed by atoms with Crippen LogP contribution in [-0.4, -0.2) is 14.1 Å². The molecule has 3 nitrogen and oxygen atoms in total. The van der Waals surface area contributed by atoms with E-state index >= 15 is 0 Å². The summed E-state index contributed by atoms with van der Waals surface area (Å²) in [6, 6.07) is 57.6. The third-order valence-corrected chi connectivity index (χ3v) is 12.2. The van der Waals surface area contributed by atoms with Crippen LogP contribution in [-0.2, 0) is 5.41 Å². The summed E-state index contributed by atoms with van der Waals surface area (Å²) in [5, 5.41) is 10.5. The molecule has 0 fully saturated rings. The molecule has 11 rings (SSSR count). The zero-order valence-electron chi connectivity index (χ0n) is 29.8. The Kier molecular flexibility index (Phi) is 6.39. The molecule has 0 spiro atoms. The number of imidazole rings is 1. The van der Waals surface area contributed by atoms with Crippen LogP contribution in [0.3, 0.4) is 0 Å². The second kappa shape index (κ2) is 11.1. The summed E-state index contributed by atoms with van der Waals surface area (Å²) < 4.78 is 7.46. The molecule has 0 unspecified atom stereocenters. The van der Waals surface area contributed by atoms with Gasteiger partial charge in [0.05, 0.1) is 22.1 Å². The standard InChI is InChI=1S/C49H35N3S/c1-49(2,3)32-24-28-42-38(29-32)43-36-17-9-10-18-37(36)46-45(47(43)53-42)44-35-16-8-7-13-30(35)23-27-41(44)51(46)34-25-21-31(22-26-34)48-50-39-19-11-12-20-40(39)52(48)33-14-5-4-6-15-33/h4-29H,1-3H3. The molecule has 53 heavy (non-hydrogen) atoms. The molecule has 0 aliphatic heterocycles. The van der Waals surface area contributed by atoms with Crippen molar-refractivity contribution in [3.63, 3.8) is 0 Å². The fourth-order valence-corrected chi connectivity index (χ4v) is 9.79. The normalized spacial score (nSPS) is 12.4. The predicted octanol–water partition coefficient (Wildman–Crippen LogP) is 13.8. The van der Waals surface area contributed by atoms with Crippen molar-refractivity contribution in [1.29, 1.82) is 0 Å². The third-order valence-electron chi connectivity index (χ3n) is 11.0. The number of benzene rings is 8. The summed E-state index contributed by atoms with van der Waals surface area (Å²) >= 11 is 1.93. The lowest BCUT2D eigenvalue weighted by molar-refractivity contribution is 0.591. The highest BCUT2D eigenvalue weighted by Crippen LogP contribution is 2.50. The van der Waals surface area contributed by atoms with Crippen LogP contribution in [0.5, 0.6) is 0 Å². The van der Waals surface area contributed by atoms with Crippen molar-refractivity contribution in [2.45, 2.75) is 26.2 Å². The molecule has 3 heterocycles. The Hall–Kier alpha value is -6.23. The van der Waals surface area contributed by atoms with Gasteiger partial charge in [0.1, 0.15) is 5.82 Å². The van der Waals surface area contributed by atoms with E-state index in [1.54, 1.807) is 0 Å². The SMILES string of the molecule is CC(C)(C)c1ccc2sc3c(c2c1)c1ccccc1c1c3c2c3ccccc3ccc2n1-c1ccc(-c2nc3ccccc3n2-c2ccccc2)cc1. The van der Waals surface area contributed by atoms with Crippen LogP contribution >= 0.6 is 11.3 Å². The Balaban J connectivity index is 1.23. The average Bonchev–Trinajstić information content (AvgIpc) is 3.88. The molecule has 8 aromatic carbocycles. The number of thiophene rings is 1. The minimum Gasteiger partial charge on any atom is -0.309 e. The monoisotopic (exact) mass is 697 g/mol. The molecule has 3 aromatic heterocycles. The van der Waals surface area contributed by atoms with Gasteiger partial charge in [-0.1, -0.05) is 112 Å². The maximum atomic E-state index is 5.16. The highest BCUT2D eigenvalue weighted by Gasteiger charge is 2.24. The highest BCUT2D eigenvalue weighted by atomic mass is 32.1. The summed E-state index contributed by atoms with van der Waals surface area (Å²) in [4.78, 5) is 5.16. The van der Waals surface area contributed by atoms with Crippen molar-refractivity contribution in [2.75, 3.05) is 0 Å². The van der Waals surface area contributed by atoms with Gasteiger partial charge in [-0.2, -0.15) is 0 Å². The summed E-state index contributed by atoms with van der Waals surface area (Å²) in [6.45, 7) is 6.92. The van der Waals surface area contributed by atoms with E-state index in [1.165, 1.54) is 69.1 Å². The van der Waals surface area contributed by atoms with Gasteiger partial charge in [0.15, 0.2) is 0 Å². The summed E-state index contributed by atoms with van der Waals surface area (Å²) in [6.07, 6.45) is 0. The molecule has 252 valence electrons. The van der Waals surface area contributed by atoms with Gasteiger partial charge in [-0.05, 0) is 93.9 Å². The van der Waals surface area contributed by atoms with E-state index in [1.807, 2.05) is 11.3 Å². The topological polar surface area (TPSA) is 22.8 Å². The van der Waals surface area contributed by atoms with Crippen molar-refractivity contribution in [3.05, 3.63) is 163 Å². The Morgan fingerprint density at radius 1 is 0.509 bits per heavy atom. The van der Waals surface area contributed by atoms with Gasteiger partial charge in [0.2, 0.25) is 0 Å². The Morgan fingerprint density at radius 2 is 1.21 bits per heavy atom. The molecule has 4 heteroatoms. The Morgan fingerprint density at radius 3 is 2.02 bits per heavy atom. The van der Waals surface area contributed by atoms with Crippen molar-refractivity contribution in [2.24, 2.45) is 0 Å². The van der Waals surface area contributed by atoms with E-state index in [4.69, 9.17) is 4.98 Å². The molecule has 0 saturated heterocycles. The molecule has 0 radical (unpaired) electrons. The minimum absolute atomic E-state index is 0.0612. The number of aromatic nitrogens is 3. The molecule has 0 amide bonds. The van der Waals surface area contributed by atoms with Crippen LogP contribution in [0.1, 0.15) is 26.3 Å². The zero-order valence-corrected chi connectivity index (χ0v) is 30.6. The van der Waals surface area contributed by atoms with E-state index < -0.39 is 0 Å². The Labute approximate surface area is 311 Å². The summed E-state index contributed by atoms with van der Waals surface area (Å²) in [7, 11) is 0. The van der Waals surface area contributed by atoms with Crippen molar-refractivity contribution >= 4 is 85.9 Å². The third kappa shape index (κ3) is 4.43. The van der Waals surface area contributed by atoms with Crippen LogP contribution in [0.4, 0.5) is 0 Å². The van der Waals surface area contributed by atoms with Gasteiger partial charge in [0.25, 0.3) is 0 Å². The van der Waals surface area contributed by atoms with E-state index in [-0.39, 0.29) is 5.41 Å². The van der Waals surface area contributed by atoms with Gasteiger partial charge < -0.3 is 4.57 Å². The maximum absolute atomic E-state index is 5.16. The molecule has 0 N–H and O–H groups in total. The fraction of sp³-hybridized carbons (Fsp3) is 0.0816. The van der Waals surface area contributed by atoms with E-state index in [0.717, 1.165) is 33.8 Å². The number of nitrogens with zero attached hydrogens (tertiary/aromatic N) is 3. The van der Waals surface area contributed by atoms with Gasteiger partial charge in [-0.25, -0.2) is 4.98 Å².